The highest BCUT2D eigenvalue weighted by molar-refractivity contribution is 5.10. The third-order valence-electron chi connectivity index (χ3n) is 2.96. The molecule has 80 valence electrons. The normalized spacial score (nSPS) is 45.1. The summed E-state index contributed by atoms with van der Waals surface area (Å²) in [5.41, 5.74) is 0. The summed E-state index contributed by atoms with van der Waals surface area (Å²) in [4.78, 5) is 0. The van der Waals surface area contributed by atoms with Crippen LogP contribution in [0.5, 0.6) is 0 Å². The van der Waals surface area contributed by atoms with Crippen molar-refractivity contribution in [1.82, 2.24) is 0 Å². The molecule has 1 N–H and O–H groups in total. The van der Waals surface area contributed by atoms with E-state index in [0.717, 1.165) is 6.42 Å². The number of aliphatic hydroxyl groups excluding tert-OH is 1. The molecule has 14 heavy (non-hydrogen) atoms. The van der Waals surface area contributed by atoms with Crippen LogP contribution < -0.4 is 0 Å². The first-order valence-corrected chi connectivity index (χ1v) is 5.25. The Morgan fingerprint density at radius 1 is 1.29 bits per heavy atom. The topological polar surface area (TPSA) is 38.7 Å². The summed E-state index contributed by atoms with van der Waals surface area (Å²) < 4.78 is 11.3. The number of aliphatic hydroxyl groups is 1. The third kappa shape index (κ3) is 1.60. The van der Waals surface area contributed by atoms with E-state index >= 15 is 0 Å². The number of rotatable bonds is 1. The van der Waals surface area contributed by atoms with Gasteiger partial charge in [0.2, 0.25) is 0 Å². The molecule has 1 fully saturated rings. The molecule has 0 unspecified atom stereocenters. The summed E-state index contributed by atoms with van der Waals surface area (Å²) >= 11 is 0. The molecule has 0 aromatic heterocycles. The first kappa shape index (κ1) is 10.1. The van der Waals surface area contributed by atoms with Crippen LogP contribution in [0.3, 0.4) is 0 Å². The second kappa shape index (κ2) is 3.33. The van der Waals surface area contributed by atoms with Gasteiger partial charge < -0.3 is 14.6 Å². The highest BCUT2D eigenvalue weighted by Crippen LogP contribution is 2.36. The van der Waals surface area contributed by atoms with Crippen LogP contribution in [0.1, 0.15) is 27.2 Å². The summed E-state index contributed by atoms with van der Waals surface area (Å²) in [6.45, 7) is 5.83. The molecule has 2 aliphatic rings. The molecule has 4 atom stereocenters. The summed E-state index contributed by atoms with van der Waals surface area (Å²) in [5, 5.41) is 10.0. The molecule has 0 aromatic carbocycles. The van der Waals surface area contributed by atoms with Gasteiger partial charge in [0.25, 0.3) is 0 Å². The van der Waals surface area contributed by atoms with Gasteiger partial charge in [-0.25, -0.2) is 0 Å². The van der Waals surface area contributed by atoms with Gasteiger partial charge in [-0.15, -0.1) is 0 Å². The summed E-state index contributed by atoms with van der Waals surface area (Å²) in [5.74, 6) is -0.364. The van der Waals surface area contributed by atoms with Gasteiger partial charge in [-0.3, -0.25) is 0 Å². The van der Waals surface area contributed by atoms with Crippen molar-refractivity contribution in [2.75, 3.05) is 0 Å². The largest absolute Gasteiger partial charge is 0.390 e. The van der Waals surface area contributed by atoms with Crippen LogP contribution in [0, 0.1) is 5.92 Å². The Balaban J connectivity index is 2.16. The minimum atomic E-state index is -0.566. The van der Waals surface area contributed by atoms with Crippen molar-refractivity contribution >= 4 is 0 Å². The van der Waals surface area contributed by atoms with E-state index in [1.165, 1.54) is 0 Å². The molecule has 0 saturated carbocycles. The minimum absolute atomic E-state index is 0.0807. The van der Waals surface area contributed by atoms with Crippen molar-refractivity contribution in [3.8, 4) is 0 Å². The summed E-state index contributed by atoms with van der Waals surface area (Å²) in [6, 6.07) is 0. The quantitative estimate of drug-likeness (QED) is 0.648. The molecule has 2 rings (SSSR count). The Morgan fingerprint density at radius 3 is 2.64 bits per heavy atom. The highest BCUT2D eigenvalue weighted by atomic mass is 16.8. The lowest BCUT2D eigenvalue weighted by Gasteiger charge is -2.29. The molecule has 3 nitrogen and oxygen atoms in total. The Morgan fingerprint density at radius 2 is 2.00 bits per heavy atom. The van der Waals surface area contributed by atoms with Crippen molar-refractivity contribution in [2.24, 2.45) is 5.92 Å². The number of hydrogen-bond acceptors (Lipinski definition) is 3. The number of fused-ring (bicyclic) bond motifs is 1. The Bertz CT molecular complexity index is 247. The molecular weight excluding hydrogens is 180 g/mol. The lowest BCUT2D eigenvalue weighted by Crippen LogP contribution is -2.41. The van der Waals surface area contributed by atoms with E-state index in [1.807, 2.05) is 26.0 Å². The molecule has 3 heteroatoms. The van der Waals surface area contributed by atoms with E-state index in [-0.39, 0.29) is 18.1 Å². The van der Waals surface area contributed by atoms with Crippen LogP contribution in [-0.2, 0) is 9.47 Å². The van der Waals surface area contributed by atoms with Gasteiger partial charge in [0.15, 0.2) is 5.79 Å². The van der Waals surface area contributed by atoms with Gasteiger partial charge in [0, 0.05) is 5.92 Å². The maximum Gasteiger partial charge on any atom is 0.164 e. The van der Waals surface area contributed by atoms with Crippen molar-refractivity contribution in [2.45, 2.75) is 51.3 Å². The van der Waals surface area contributed by atoms with Gasteiger partial charge in [0.05, 0.1) is 6.10 Å². The second-order valence-electron chi connectivity index (χ2n) is 4.51. The zero-order valence-electron chi connectivity index (χ0n) is 8.93. The molecule has 0 bridgehead atoms. The van der Waals surface area contributed by atoms with Crippen molar-refractivity contribution in [1.29, 1.82) is 0 Å². The average Bonchev–Trinajstić information content (AvgIpc) is 2.42. The lowest BCUT2D eigenvalue weighted by molar-refractivity contribution is -0.155. The zero-order valence-corrected chi connectivity index (χ0v) is 8.93. The number of ether oxygens (including phenoxy) is 2. The summed E-state index contributed by atoms with van der Waals surface area (Å²) in [6.07, 6.45) is 4.28. The molecule has 1 aliphatic heterocycles. The van der Waals surface area contributed by atoms with Crippen molar-refractivity contribution in [3.05, 3.63) is 12.2 Å². The average molecular weight is 198 g/mol. The van der Waals surface area contributed by atoms with Crippen molar-refractivity contribution in [3.63, 3.8) is 0 Å². The van der Waals surface area contributed by atoms with Gasteiger partial charge in [-0.2, -0.15) is 0 Å². The first-order chi connectivity index (χ1) is 6.53. The van der Waals surface area contributed by atoms with Crippen LogP contribution in [0.25, 0.3) is 0 Å². The van der Waals surface area contributed by atoms with E-state index in [9.17, 15) is 5.11 Å². The van der Waals surface area contributed by atoms with E-state index in [0.29, 0.717) is 0 Å². The minimum Gasteiger partial charge on any atom is -0.390 e. The van der Waals surface area contributed by atoms with Crippen LogP contribution in [0.15, 0.2) is 12.2 Å². The molecule has 1 saturated heterocycles. The smallest absolute Gasteiger partial charge is 0.164 e. The monoisotopic (exact) mass is 198 g/mol. The van der Waals surface area contributed by atoms with Crippen LogP contribution in [0.2, 0.25) is 0 Å². The molecule has 0 amide bonds. The number of hydrogen-bond donors (Lipinski definition) is 1. The van der Waals surface area contributed by atoms with Gasteiger partial charge in [0.1, 0.15) is 12.2 Å². The molecule has 0 radical (unpaired) electrons. The Hall–Kier alpha value is -0.380. The van der Waals surface area contributed by atoms with Gasteiger partial charge in [-0.05, 0) is 20.3 Å². The Labute approximate surface area is 84.7 Å². The lowest BCUT2D eigenvalue weighted by atomic mass is 9.87. The Kier molecular flexibility index (Phi) is 2.41. The van der Waals surface area contributed by atoms with E-state index in [1.54, 1.807) is 0 Å². The third-order valence-corrected chi connectivity index (χ3v) is 2.96. The second-order valence-corrected chi connectivity index (χ2v) is 4.51. The van der Waals surface area contributed by atoms with E-state index < -0.39 is 11.9 Å². The van der Waals surface area contributed by atoms with Crippen molar-refractivity contribution < 1.29 is 14.6 Å². The fourth-order valence-corrected chi connectivity index (χ4v) is 2.22. The maximum absolute atomic E-state index is 10.0. The highest BCUT2D eigenvalue weighted by Gasteiger charge is 2.46. The SMILES string of the molecule is CC[C@H]1C=C[C@H]2OC(C)(C)O[C@H]2[C@@H]1O. The molecular formula is C11H18O3. The van der Waals surface area contributed by atoms with E-state index in [2.05, 4.69) is 6.92 Å². The standard InChI is InChI=1S/C11H18O3/c1-4-7-5-6-8-10(9(7)12)14-11(2,3)13-8/h5-10,12H,4H2,1-3H3/t7-,8+,9+,10+/m0/s1. The first-order valence-electron chi connectivity index (χ1n) is 5.25. The predicted octanol–water partition coefficient (Wildman–Crippen LogP) is 1.46. The van der Waals surface area contributed by atoms with Crippen LogP contribution >= 0.6 is 0 Å². The van der Waals surface area contributed by atoms with E-state index in [4.69, 9.17) is 9.47 Å². The molecule has 0 spiro atoms. The molecule has 1 aliphatic carbocycles. The summed E-state index contributed by atoms with van der Waals surface area (Å²) in [7, 11) is 0. The van der Waals surface area contributed by atoms with Gasteiger partial charge in [-0.1, -0.05) is 19.1 Å². The van der Waals surface area contributed by atoms with Crippen LogP contribution in [0.4, 0.5) is 0 Å². The maximum atomic E-state index is 10.0. The van der Waals surface area contributed by atoms with Crippen LogP contribution in [-0.4, -0.2) is 29.2 Å². The molecule has 0 aromatic rings. The fraction of sp³-hybridized carbons (Fsp3) is 0.818. The predicted molar refractivity (Wildman–Crippen MR) is 52.8 cm³/mol. The zero-order chi connectivity index (χ0) is 10.3. The fourth-order valence-electron chi connectivity index (χ4n) is 2.22. The molecule has 1 heterocycles. The van der Waals surface area contributed by atoms with Gasteiger partial charge >= 0.3 is 0 Å².